The number of nitrogens with zero attached hydrogens (tertiary/aromatic N) is 4. The van der Waals surface area contributed by atoms with E-state index in [1.807, 2.05) is 61.6 Å². The zero-order chi connectivity index (χ0) is 33.9. The third-order valence-corrected chi connectivity index (χ3v) is 7.97. The number of imide groups is 1. The third-order valence-electron chi connectivity index (χ3n) is 7.97. The summed E-state index contributed by atoms with van der Waals surface area (Å²) in [5, 5.41) is 16.3. The maximum Gasteiger partial charge on any atom is 0.490 e. The molecule has 0 bridgehead atoms. The van der Waals surface area contributed by atoms with E-state index in [0.717, 1.165) is 33.7 Å². The molecule has 2 fully saturated rings. The number of amides is 3. The molecule has 2 saturated heterocycles. The zero-order valence-electron chi connectivity index (χ0n) is 24.4. The topological polar surface area (TPSA) is 105 Å². The Labute approximate surface area is 260 Å². The first-order valence-electron chi connectivity index (χ1n) is 14.0. The Kier molecular flexibility index (Phi) is 9.77. The highest BCUT2D eigenvalue weighted by molar-refractivity contribution is 6.23. The van der Waals surface area contributed by atoms with Crippen LogP contribution >= 0.6 is 0 Å². The molecule has 0 aromatic heterocycles. The first-order valence-corrected chi connectivity index (χ1v) is 14.0. The maximum absolute atomic E-state index is 14.0. The van der Waals surface area contributed by atoms with Crippen molar-refractivity contribution in [2.75, 3.05) is 25.0 Å². The summed E-state index contributed by atoms with van der Waals surface area (Å²) in [6.07, 6.45) is -8.52. The number of hydrogen-bond donors (Lipinski definition) is 1. The van der Waals surface area contributed by atoms with E-state index in [4.69, 9.17) is 9.90 Å². The Bertz CT molecular complexity index is 1640. The standard InChI is InChI=1S/C30H27F3N4O2.C2HF3O2/c1-35-15-13-29(14-16-35)27(38)37(25-12-11-23(19-34)26(18-25)30(31,32)33)28(39)36(29)20-24-10-6-5-9-22(24)17-21-7-3-2-4-8-21;3-2(4,5)1(6)7/h2-12,18H,13-17,20H2,1H3;(H,6,7). The summed E-state index contributed by atoms with van der Waals surface area (Å²) in [6, 6.07) is 21.5. The van der Waals surface area contributed by atoms with Gasteiger partial charge in [-0.3, -0.25) is 4.79 Å². The maximum atomic E-state index is 14.0. The van der Waals surface area contributed by atoms with E-state index in [1.165, 1.54) is 11.0 Å². The summed E-state index contributed by atoms with van der Waals surface area (Å²) in [6.45, 7) is 1.28. The van der Waals surface area contributed by atoms with Crippen molar-refractivity contribution in [2.24, 2.45) is 0 Å². The number of carboxylic acids is 1. The number of hydrogen-bond acceptors (Lipinski definition) is 5. The van der Waals surface area contributed by atoms with Crippen LogP contribution in [0.5, 0.6) is 0 Å². The molecule has 1 spiro atoms. The first kappa shape index (κ1) is 34.0. The number of carbonyl (C=O) groups is 3. The molecule has 0 radical (unpaired) electrons. The summed E-state index contributed by atoms with van der Waals surface area (Å²) in [5.41, 5.74) is -0.119. The Balaban J connectivity index is 0.000000617. The second kappa shape index (κ2) is 13.2. The fourth-order valence-corrected chi connectivity index (χ4v) is 5.51. The van der Waals surface area contributed by atoms with Gasteiger partial charge in [0, 0.05) is 19.6 Å². The lowest BCUT2D eigenvalue weighted by atomic mass is 9.85. The quantitative estimate of drug-likeness (QED) is 0.260. The van der Waals surface area contributed by atoms with Crippen molar-refractivity contribution in [1.29, 1.82) is 5.26 Å². The normalized spacial score (nSPS) is 16.7. The van der Waals surface area contributed by atoms with E-state index in [2.05, 4.69) is 4.90 Å². The van der Waals surface area contributed by atoms with Gasteiger partial charge in [0.1, 0.15) is 5.54 Å². The van der Waals surface area contributed by atoms with Gasteiger partial charge in [-0.15, -0.1) is 0 Å². The molecule has 0 atom stereocenters. The number of anilines is 1. The third kappa shape index (κ3) is 7.15. The number of benzene rings is 3. The molecule has 5 rings (SSSR count). The van der Waals surface area contributed by atoms with Gasteiger partial charge in [0.05, 0.1) is 22.9 Å². The van der Waals surface area contributed by atoms with E-state index in [0.29, 0.717) is 32.4 Å². The van der Waals surface area contributed by atoms with Crippen molar-refractivity contribution >= 4 is 23.6 Å². The molecule has 0 aliphatic carbocycles. The van der Waals surface area contributed by atoms with Gasteiger partial charge < -0.3 is 14.9 Å². The van der Waals surface area contributed by atoms with Gasteiger partial charge in [0.25, 0.3) is 5.91 Å². The predicted octanol–water partition coefficient (Wildman–Crippen LogP) is 6.23. The fourth-order valence-electron chi connectivity index (χ4n) is 5.51. The monoisotopic (exact) mass is 646 g/mol. The molecule has 3 aromatic rings. The Morgan fingerprint density at radius 1 is 0.913 bits per heavy atom. The number of alkyl halides is 6. The minimum atomic E-state index is -5.08. The summed E-state index contributed by atoms with van der Waals surface area (Å²) < 4.78 is 72.9. The van der Waals surface area contributed by atoms with Crippen molar-refractivity contribution in [3.8, 4) is 6.07 Å². The number of aliphatic carboxylic acids is 1. The van der Waals surface area contributed by atoms with Gasteiger partial charge in [0.2, 0.25) is 0 Å². The SMILES string of the molecule is CN1CCC2(CC1)C(=O)N(c1ccc(C#N)c(C(F)(F)F)c1)C(=O)N2Cc1ccccc1Cc1ccccc1.O=C(O)C(F)(F)F. The molecule has 0 saturated carbocycles. The van der Waals surface area contributed by atoms with Crippen LogP contribution in [-0.4, -0.2) is 64.7 Å². The van der Waals surface area contributed by atoms with Gasteiger partial charge in [-0.25, -0.2) is 14.5 Å². The number of urea groups is 1. The van der Waals surface area contributed by atoms with E-state index < -0.39 is 46.9 Å². The average Bonchev–Trinajstić information content (AvgIpc) is 3.20. The smallest absolute Gasteiger partial charge is 0.475 e. The number of piperidine rings is 1. The summed E-state index contributed by atoms with van der Waals surface area (Å²) in [5.74, 6) is -3.29. The second-order valence-corrected chi connectivity index (χ2v) is 10.9. The fraction of sp³-hybridized carbons (Fsp3) is 0.312. The Morgan fingerprint density at radius 2 is 1.48 bits per heavy atom. The van der Waals surface area contributed by atoms with Gasteiger partial charge in [-0.05, 0) is 61.2 Å². The Hall–Kier alpha value is -4.90. The van der Waals surface area contributed by atoms with Crippen LogP contribution in [0.3, 0.4) is 0 Å². The van der Waals surface area contributed by atoms with Gasteiger partial charge in [-0.2, -0.15) is 31.6 Å². The molecule has 0 unspecified atom stereocenters. The Morgan fingerprint density at radius 3 is 2.02 bits per heavy atom. The number of carbonyl (C=O) groups excluding carboxylic acids is 2. The van der Waals surface area contributed by atoms with E-state index in [-0.39, 0.29) is 12.2 Å². The van der Waals surface area contributed by atoms with E-state index in [1.54, 1.807) is 6.07 Å². The van der Waals surface area contributed by atoms with E-state index in [9.17, 15) is 41.2 Å². The second-order valence-electron chi connectivity index (χ2n) is 10.9. The zero-order valence-corrected chi connectivity index (χ0v) is 24.4. The minimum Gasteiger partial charge on any atom is -0.475 e. The molecular formula is C32H28F6N4O4. The highest BCUT2D eigenvalue weighted by Crippen LogP contribution is 2.42. The van der Waals surface area contributed by atoms with Crippen molar-refractivity contribution in [3.05, 3.63) is 101 Å². The lowest BCUT2D eigenvalue weighted by Crippen LogP contribution is -2.55. The minimum absolute atomic E-state index is 0.149. The van der Waals surface area contributed by atoms with Crippen LogP contribution in [0.2, 0.25) is 0 Å². The summed E-state index contributed by atoms with van der Waals surface area (Å²) in [7, 11) is 1.93. The molecule has 3 aromatic carbocycles. The molecule has 3 amide bonds. The van der Waals surface area contributed by atoms with Crippen molar-refractivity contribution in [2.45, 2.75) is 43.7 Å². The molecule has 2 aliphatic heterocycles. The lowest BCUT2D eigenvalue weighted by Gasteiger charge is -2.41. The van der Waals surface area contributed by atoms with Crippen molar-refractivity contribution in [1.82, 2.24) is 9.80 Å². The molecule has 2 aliphatic rings. The molecule has 1 N–H and O–H groups in total. The largest absolute Gasteiger partial charge is 0.490 e. The molecule has 46 heavy (non-hydrogen) atoms. The van der Waals surface area contributed by atoms with Crippen LogP contribution in [0, 0.1) is 11.3 Å². The van der Waals surface area contributed by atoms with E-state index >= 15 is 0 Å². The van der Waals surface area contributed by atoms with Gasteiger partial charge >= 0.3 is 24.4 Å². The summed E-state index contributed by atoms with van der Waals surface area (Å²) >= 11 is 0. The van der Waals surface area contributed by atoms with Crippen molar-refractivity contribution in [3.63, 3.8) is 0 Å². The number of carboxylic acid groups (broad SMARTS) is 1. The van der Waals surface area contributed by atoms with Crippen LogP contribution in [0.4, 0.5) is 36.8 Å². The number of nitriles is 1. The molecule has 242 valence electrons. The van der Waals surface area contributed by atoms with Crippen molar-refractivity contribution < 1.29 is 45.8 Å². The molecule has 2 heterocycles. The number of likely N-dealkylation sites (tertiary alicyclic amines) is 1. The van der Waals surface area contributed by atoms with Gasteiger partial charge in [0.15, 0.2) is 0 Å². The number of rotatable bonds is 5. The highest BCUT2D eigenvalue weighted by Gasteiger charge is 2.58. The van der Waals surface area contributed by atoms with Crippen LogP contribution < -0.4 is 4.90 Å². The lowest BCUT2D eigenvalue weighted by molar-refractivity contribution is -0.192. The molecular weight excluding hydrogens is 618 g/mol. The van der Waals surface area contributed by atoms with Crippen LogP contribution in [0.1, 0.15) is 40.7 Å². The summed E-state index contributed by atoms with van der Waals surface area (Å²) in [4.78, 5) is 41.3. The first-order chi connectivity index (χ1) is 21.6. The number of halogens is 6. The predicted molar refractivity (Wildman–Crippen MR) is 153 cm³/mol. The highest BCUT2D eigenvalue weighted by atomic mass is 19.4. The average molecular weight is 647 g/mol. The van der Waals surface area contributed by atoms with Crippen LogP contribution in [-0.2, 0) is 28.7 Å². The molecule has 8 nitrogen and oxygen atoms in total. The van der Waals surface area contributed by atoms with Gasteiger partial charge in [-0.1, -0.05) is 54.6 Å². The van der Waals surface area contributed by atoms with Crippen LogP contribution in [0.25, 0.3) is 0 Å². The van der Waals surface area contributed by atoms with Crippen LogP contribution in [0.15, 0.2) is 72.8 Å². The molecule has 14 heteroatoms.